The summed E-state index contributed by atoms with van der Waals surface area (Å²) in [5.41, 5.74) is 0.499. The van der Waals surface area contributed by atoms with Crippen molar-refractivity contribution in [1.82, 2.24) is 0 Å². The normalized spacial score (nSPS) is 10.9. The van der Waals surface area contributed by atoms with E-state index in [0.717, 1.165) is 35.6 Å². The van der Waals surface area contributed by atoms with Crippen molar-refractivity contribution in [1.29, 1.82) is 5.26 Å². The van der Waals surface area contributed by atoms with Crippen LogP contribution in [0.4, 0.5) is 9.39 Å². The summed E-state index contributed by atoms with van der Waals surface area (Å²) < 4.78 is 41.9. The van der Waals surface area contributed by atoms with Crippen molar-refractivity contribution in [3.05, 3.63) is 46.1 Å². The largest absolute Gasteiger partial charge is 0.465 e. The molecule has 2 rings (SSSR count). The van der Waals surface area contributed by atoms with Gasteiger partial charge in [-0.2, -0.15) is 5.26 Å². The van der Waals surface area contributed by atoms with Crippen molar-refractivity contribution in [2.24, 2.45) is 0 Å². The van der Waals surface area contributed by atoms with E-state index in [-0.39, 0.29) is 26.8 Å². The lowest BCUT2D eigenvalue weighted by Gasteiger charge is -2.05. The number of sulfone groups is 1. The van der Waals surface area contributed by atoms with Gasteiger partial charge in [0.05, 0.1) is 23.3 Å². The lowest BCUT2D eigenvalue weighted by molar-refractivity contribution is -0.115. The molecule has 0 spiro atoms. The van der Waals surface area contributed by atoms with Crippen LogP contribution in [0.25, 0.3) is 0 Å². The summed E-state index contributed by atoms with van der Waals surface area (Å²) in [6.45, 7) is 1.55. The van der Waals surface area contributed by atoms with Gasteiger partial charge in [0, 0.05) is 6.42 Å². The number of ether oxygens (including phenoxy) is 1. The first kappa shape index (κ1) is 20.5. The Morgan fingerprint density at radius 3 is 2.48 bits per heavy atom. The van der Waals surface area contributed by atoms with Gasteiger partial charge in [-0.15, -0.1) is 11.3 Å². The molecule has 0 aliphatic carbocycles. The Morgan fingerprint density at radius 2 is 1.93 bits per heavy atom. The van der Waals surface area contributed by atoms with Crippen LogP contribution in [0.3, 0.4) is 0 Å². The number of thiophene rings is 1. The zero-order chi connectivity index (χ0) is 20.2. The molecule has 0 saturated heterocycles. The highest BCUT2D eigenvalue weighted by Gasteiger charge is 2.23. The number of nitrogens with zero attached hydrogens (tertiary/aromatic N) is 1. The van der Waals surface area contributed by atoms with E-state index in [0.29, 0.717) is 5.56 Å². The Hall–Kier alpha value is -2.77. The highest BCUT2D eigenvalue weighted by atomic mass is 32.2. The van der Waals surface area contributed by atoms with Crippen molar-refractivity contribution in [2.45, 2.75) is 18.2 Å². The van der Waals surface area contributed by atoms with Crippen LogP contribution in [0, 0.1) is 24.1 Å². The number of rotatable bonds is 6. The summed E-state index contributed by atoms with van der Waals surface area (Å²) in [5, 5.41) is 11.8. The minimum absolute atomic E-state index is 0.0886. The number of amides is 1. The van der Waals surface area contributed by atoms with Crippen LogP contribution in [0.5, 0.6) is 0 Å². The monoisotopic (exact) mass is 410 g/mol. The summed E-state index contributed by atoms with van der Waals surface area (Å²) in [6.07, 6.45) is -0.366. The molecular formula is C17H15FN2O5S2. The van der Waals surface area contributed by atoms with Crippen molar-refractivity contribution >= 4 is 38.1 Å². The van der Waals surface area contributed by atoms with Crippen LogP contribution < -0.4 is 5.32 Å². The first-order valence-electron chi connectivity index (χ1n) is 7.59. The molecule has 0 aliphatic heterocycles. The molecule has 0 fully saturated rings. The third-order valence-electron chi connectivity index (χ3n) is 3.65. The number of nitrogens with one attached hydrogen (secondary N) is 1. The molecule has 0 saturated carbocycles. The zero-order valence-electron chi connectivity index (χ0n) is 14.4. The molecule has 1 aromatic heterocycles. The number of benzene rings is 1. The first-order valence-corrected chi connectivity index (χ1v) is 10.1. The van der Waals surface area contributed by atoms with E-state index in [1.165, 1.54) is 7.11 Å². The van der Waals surface area contributed by atoms with Crippen molar-refractivity contribution in [3.8, 4) is 6.07 Å². The second kappa shape index (κ2) is 8.28. The summed E-state index contributed by atoms with van der Waals surface area (Å²) in [4.78, 5) is 23.9. The van der Waals surface area contributed by atoms with Gasteiger partial charge >= 0.3 is 5.97 Å². The molecule has 27 heavy (non-hydrogen) atoms. The number of esters is 1. The van der Waals surface area contributed by atoms with Crippen LogP contribution in [-0.4, -0.2) is 33.2 Å². The number of carbonyl (C=O) groups excluding carboxylic acids is 2. The van der Waals surface area contributed by atoms with Crippen molar-refractivity contribution < 1.29 is 27.1 Å². The highest BCUT2D eigenvalue weighted by Crippen LogP contribution is 2.33. The number of nitriles is 1. The quantitative estimate of drug-likeness (QED) is 0.579. The lowest BCUT2D eigenvalue weighted by atomic mass is 10.2. The molecule has 1 aromatic carbocycles. The van der Waals surface area contributed by atoms with Gasteiger partial charge in [0.15, 0.2) is 9.84 Å². The number of anilines is 1. The van der Waals surface area contributed by atoms with Gasteiger partial charge in [-0.1, -0.05) is 0 Å². The van der Waals surface area contributed by atoms with E-state index in [2.05, 4.69) is 10.1 Å². The Bertz CT molecular complexity index is 1020. The Morgan fingerprint density at radius 1 is 1.30 bits per heavy atom. The Labute approximate surface area is 159 Å². The zero-order valence-corrected chi connectivity index (χ0v) is 16.0. The lowest BCUT2D eigenvalue weighted by Crippen LogP contribution is -2.17. The predicted molar refractivity (Wildman–Crippen MR) is 96.8 cm³/mol. The molecule has 0 bridgehead atoms. The minimum Gasteiger partial charge on any atom is -0.465 e. The predicted octanol–water partition coefficient (Wildman–Crippen LogP) is 2.66. The van der Waals surface area contributed by atoms with Crippen LogP contribution in [0.1, 0.15) is 27.2 Å². The standard InChI is InChI=1S/C17H15FN2O5S2/c1-10-13(9-19)16(26-15(10)17(22)25-2)20-14(21)7-8-27(23,24)12-5-3-11(18)4-6-12/h3-6H,7-8H2,1-2H3,(H,20,21). The van der Waals surface area contributed by atoms with Crippen LogP contribution in [0.15, 0.2) is 29.2 Å². The van der Waals surface area contributed by atoms with E-state index < -0.39 is 33.3 Å². The second-order valence-corrected chi connectivity index (χ2v) is 8.56. The third kappa shape index (κ3) is 4.69. The molecule has 1 heterocycles. The fourth-order valence-electron chi connectivity index (χ4n) is 2.20. The topological polar surface area (TPSA) is 113 Å². The minimum atomic E-state index is -3.76. The summed E-state index contributed by atoms with van der Waals surface area (Å²) in [7, 11) is -2.56. The van der Waals surface area contributed by atoms with Gasteiger partial charge in [-0.3, -0.25) is 4.79 Å². The first-order chi connectivity index (χ1) is 12.7. The fraction of sp³-hybridized carbons (Fsp3) is 0.235. The number of carbonyl (C=O) groups is 2. The average Bonchev–Trinajstić information content (AvgIpc) is 2.95. The van der Waals surface area contributed by atoms with E-state index in [4.69, 9.17) is 0 Å². The molecule has 1 N–H and O–H groups in total. The van der Waals surface area contributed by atoms with E-state index in [1.807, 2.05) is 6.07 Å². The number of hydrogen-bond donors (Lipinski definition) is 1. The van der Waals surface area contributed by atoms with E-state index in [1.54, 1.807) is 6.92 Å². The number of halogens is 1. The summed E-state index contributed by atoms with van der Waals surface area (Å²) >= 11 is 0.883. The van der Waals surface area contributed by atoms with Gasteiger partial charge < -0.3 is 10.1 Å². The Kier molecular flexibility index (Phi) is 6.30. The molecule has 142 valence electrons. The van der Waals surface area contributed by atoms with Gasteiger partial charge in [-0.25, -0.2) is 17.6 Å². The third-order valence-corrected chi connectivity index (χ3v) is 6.57. The van der Waals surface area contributed by atoms with Gasteiger partial charge in [0.1, 0.15) is 21.8 Å². The Balaban J connectivity index is 2.11. The smallest absolute Gasteiger partial charge is 0.348 e. The maximum absolute atomic E-state index is 12.9. The van der Waals surface area contributed by atoms with Gasteiger partial charge in [-0.05, 0) is 36.8 Å². The summed E-state index contributed by atoms with van der Waals surface area (Å²) in [5.74, 6) is -2.31. The molecule has 0 aliphatic rings. The molecule has 0 unspecified atom stereocenters. The maximum atomic E-state index is 12.9. The molecule has 2 aromatic rings. The number of hydrogen-bond acceptors (Lipinski definition) is 7. The van der Waals surface area contributed by atoms with Crippen LogP contribution in [-0.2, 0) is 19.4 Å². The molecule has 0 atom stereocenters. The SMILES string of the molecule is COC(=O)c1sc(NC(=O)CCS(=O)(=O)c2ccc(F)cc2)c(C#N)c1C. The van der Waals surface area contributed by atoms with Crippen LogP contribution in [0.2, 0.25) is 0 Å². The molecule has 10 heteroatoms. The molecule has 0 radical (unpaired) electrons. The maximum Gasteiger partial charge on any atom is 0.348 e. The molecule has 7 nitrogen and oxygen atoms in total. The highest BCUT2D eigenvalue weighted by molar-refractivity contribution is 7.91. The van der Waals surface area contributed by atoms with Crippen LogP contribution >= 0.6 is 11.3 Å². The molecule has 1 amide bonds. The van der Waals surface area contributed by atoms with Crippen molar-refractivity contribution in [3.63, 3.8) is 0 Å². The van der Waals surface area contributed by atoms with E-state index in [9.17, 15) is 27.7 Å². The van der Waals surface area contributed by atoms with Crippen molar-refractivity contribution in [2.75, 3.05) is 18.2 Å². The summed E-state index contributed by atoms with van der Waals surface area (Å²) in [6, 6.07) is 6.20. The average molecular weight is 410 g/mol. The van der Waals surface area contributed by atoms with Gasteiger partial charge in [0.2, 0.25) is 5.91 Å². The fourth-order valence-corrected chi connectivity index (χ4v) is 4.53. The van der Waals surface area contributed by atoms with E-state index >= 15 is 0 Å². The molecular weight excluding hydrogens is 395 g/mol. The van der Waals surface area contributed by atoms with Gasteiger partial charge in [0.25, 0.3) is 0 Å². The number of methoxy groups -OCH3 is 1. The second-order valence-electron chi connectivity index (χ2n) is 5.43.